The molecular weight excluding hydrogens is 276 g/mol. The number of ether oxygens (including phenoxy) is 1. The van der Waals surface area contributed by atoms with Gasteiger partial charge in [-0.1, -0.05) is 23.7 Å². The Balaban J connectivity index is 1.86. The summed E-state index contributed by atoms with van der Waals surface area (Å²) < 4.78 is 4.62. The van der Waals surface area contributed by atoms with Gasteiger partial charge in [-0.25, -0.2) is 4.79 Å². The average Bonchev–Trinajstić information content (AvgIpc) is 2.47. The number of carbonyl (C=O) groups is 1. The molecule has 4 nitrogen and oxygen atoms in total. The first-order valence-corrected chi connectivity index (χ1v) is 6.55. The van der Waals surface area contributed by atoms with Gasteiger partial charge in [-0.05, 0) is 29.8 Å². The van der Waals surface area contributed by atoms with Crippen LogP contribution in [0.3, 0.4) is 0 Å². The smallest absolute Gasteiger partial charge is 0.339 e. The molecule has 0 radical (unpaired) electrons. The number of rotatable bonds is 5. The number of hydrogen-bond acceptors (Lipinski definition) is 4. The van der Waals surface area contributed by atoms with Crippen molar-refractivity contribution >= 4 is 17.6 Å². The summed E-state index contributed by atoms with van der Waals surface area (Å²) in [5, 5.41) is 4.00. The molecule has 0 aliphatic heterocycles. The van der Waals surface area contributed by atoms with Crippen LogP contribution in [0.5, 0.6) is 0 Å². The highest BCUT2D eigenvalue weighted by Crippen LogP contribution is 2.10. The lowest BCUT2D eigenvalue weighted by molar-refractivity contribution is 0.0600. The van der Waals surface area contributed by atoms with Crippen molar-refractivity contribution in [2.75, 3.05) is 7.11 Å². The van der Waals surface area contributed by atoms with E-state index in [4.69, 9.17) is 11.6 Å². The number of esters is 1. The van der Waals surface area contributed by atoms with Crippen LogP contribution < -0.4 is 5.32 Å². The molecule has 2 aromatic rings. The Labute approximate surface area is 122 Å². The maximum Gasteiger partial charge on any atom is 0.339 e. The van der Waals surface area contributed by atoms with Crippen LogP contribution in [-0.2, 0) is 17.8 Å². The zero-order chi connectivity index (χ0) is 14.4. The highest BCUT2D eigenvalue weighted by molar-refractivity contribution is 6.30. The average molecular weight is 291 g/mol. The maximum atomic E-state index is 11.3. The number of nitrogens with zero attached hydrogens (tertiary/aromatic N) is 1. The maximum absolute atomic E-state index is 11.3. The molecule has 0 bridgehead atoms. The summed E-state index contributed by atoms with van der Waals surface area (Å²) in [5.74, 6) is -0.379. The van der Waals surface area contributed by atoms with Crippen molar-refractivity contribution in [2.24, 2.45) is 0 Å². The number of hydrogen-bond donors (Lipinski definition) is 1. The first kappa shape index (κ1) is 14.5. The van der Waals surface area contributed by atoms with E-state index in [1.807, 2.05) is 24.3 Å². The van der Waals surface area contributed by atoms with Crippen LogP contribution in [-0.4, -0.2) is 18.1 Å². The first-order valence-electron chi connectivity index (χ1n) is 6.17. The predicted octanol–water partition coefficient (Wildman–Crippen LogP) is 2.81. The van der Waals surface area contributed by atoms with Crippen molar-refractivity contribution in [3.8, 4) is 0 Å². The minimum absolute atomic E-state index is 0.379. The predicted molar refractivity (Wildman–Crippen MR) is 77.6 cm³/mol. The molecule has 1 heterocycles. The third-order valence-corrected chi connectivity index (χ3v) is 3.01. The van der Waals surface area contributed by atoms with Gasteiger partial charge in [-0.3, -0.25) is 4.98 Å². The van der Waals surface area contributed by atoms with Crippen LogP contribution >= 0.6 is 11.6 Å². The van der Waals surface area contributed by atoms with Crippen molar-refractivity contribution in [1.82, 2.24) is 10.3 Å². The van der Waals surface area contributed by atoms with E-state index >= 15 is 0 Å². The summed E-state index contributed by atoms with van der Waals surface area (Å²) in [6.07, 6.45) is 1.52. The summed E-state index contributed by atoms with van der Waals surface area (Å²) in [6, 6.07) is 11.2. The number of pyridine rings is 1. The lowest BCUT2D eigenvalue weighted by atomic mass is 10.2. The Hall–Kier alpha value is -1.91. The van der Waals surface area contributed by atoms with Gasteiger partial charge in [-0.2, -0.15) is 0 Å². The van der Waals surface area contributed by atoms with Gasteiger partial charge in [0.1, 0.15) is 0 Å². The second-order valence-electron chi connectivity index (χ2n) is 4.26. The van der Waals surface area contributed by atoms with Crippen LogP contribution in [0.1, 0.15) is 21.6 Å². The highest BCUT2D eigenvalue weighted by Gasteiger charge is 2.05. The molecule has 0 atom stereocenters. The topological polar surface area (TPSA) is 51.2 Å². The van der Waals surface area contributed by atoms with Crippen molar-refractivity contribution in [1.29, 1.82) is 0 Å². The molecule has 0 saturated heterocycles. The molecule has 0 unspecified atom stereocenters. The molecule has 5 heteroatoms. The van der Waals surface area contributed by atoms with Gasteiger partial charge in [0.05, 0.1) is 18.4 Å². The molecule has 1 N–H and O–H groups in total. The Bertz CT molecular complexity index is 585. The van der Waals surface area contributed by atoms with E-state index in [1.54, 1.807) is 12.1 Å². The van der Waals surface area contributed by atoms with Gasteiger partial charge in [0.25, 0.3) is 0 Å². The third-order valence-electron chi connectivity index (χ3n) is 2.77. The standard InChI is InChI=1S/C15H15ClN2O2/c1-20-15(19)12-5-6-14(18-9-12)10-17-8-11-3-2-4-13(16)7-11/h2-7,9,17H,8,10H2,1H3. The van der Waals surface area contributed by atoms with Crippen molar-refractivity contribution in [2.45, 2.75) is 13.1 Å². The van der Waals surface area contributed by atoms with Crippen molar-refractivity contribution in [3.63, 3.8) is 0 Å². The molecule has 0 spiro atoms. The zero-order valence-electron chi connectivity index (χ0n) is 11.1. The van der Waals surface area contributed by atoms with E-state index in [-0.39, 0.29) is 5.97 Å². The first-order chi connectivity index (χ1) is 9.69. The molecule has 20 heavy (non-hydrogen) atoms. The van der Waals surface area contributed by atoms with E-state index < -0.39 is 0 Å². The summed E-state index contributed by atoms with van der Waals surface area (Å²) in [4.78, 5) is 15.5. The number of aromatic nitrogens is 1. The monoisotopic (exact) mass is 290 g/mol. The van der Waals surface area contributed by atoms with Crippen molar-refractivity contribution < 1.29 is 9.53 Å². The van der Waals surface area contributed by atoms with Crippen LogP contribution in [0.2, 0.25) is 5.02 Å². The molecule has 1 aromatic heterocycles. The Morgan fingerprint density at radius 3 is 2.80 bits per heavy atom. The fourth-order valence-electron chi connectivity index (χ4n) is 1.75. The van der Waals surface area contributed by atoms with Crippen LogP contribution in [0.15, 0.2) is 42.6 Å². The second kappa shape index (κ2) is 7.03. The largest absolute Gasteiger partial charge is 0.465 e. The third kappa shape index (κ3) is 4.05. The molecule has 2 rings (SSSR count). The van der Waals surface area contributed by atoms with Gasteiger partial charge in [0.15, 0.2) is 0 Å². The molecule has 0 aliphatic carbocycles. The van der Waals surface area contributed by atoms with Crippen LogP contribution in [0.4, 0.5) is 0 Å². The second-order valence-corrected chi connectivity index (χ2v) is 4.70. The molecule has 0 amide bonds. The minimum Gasteiger partial charge on any atom is -0.465 e. The number of halogens is 1. The summed E-state index contributed by atoms with van der Waals surface area (Å²) in [7, 11) is 1.35. The molecular formula is C15H15ClN2O2. The lowest BCUT2D eigenvalue weighted by Gasteiger charge is -2.05. The van der Waals surface area contributed by atoms with Gasteiger partial charge in [0, 0.05) is 24.3 Å². The summed E-state index contributed by atoms with van der Waals surface area (Å²) in [6.45, 7) is 1.33. The quantitative estimate of drug-likeness (QED) is 0.860. The normalized spacial score (nSPS) is 10.3. The fraction of sp³-hybridized carbons (Fsp3) is 0.200. The van der Waals surface area contributed by atoms with Gasteiger partial charge in [0.2, 0.25) is 0 Å². The Morgan fingerprint density at radius 1 is 1.30 bits per heavy atom. The highest BCUT2D eigenvalue weighted by atomic mass is 35.5. The van der Waals surface area contributed by atoms with E-state index in [0.717, 1.165) is 16.3 Å². The molecule has 104 valence electrons. The van der Waals surface area contributed by atoms with E-state index in [9.17, 15) is 4.79 Å². The van der Waals surface area contributed by atoms with E-state index in [0.29, 0.717) is 18.7 Å². The Morgan fingerprint density at radius 2 is 2.15 bits per heavy atom. The van der Waals surface area contributed by atoms with Gasteiger partial charge in [-0.15, -0.1) is 0 Å². The number of carbonyl (C=O) groups excluding carboxylic acids is 1. The number of nitrogens with one attached hydrogen (secondary N) is 1. The Kier molecular flexibility index (Phi) is 5.09. The molecule has 1 aromatic carbocycles. The number of benzene rings is 1. The molecule has 0 aliphatic rings. The summed E-state index contributed by atoms with van der Waals surface area (Å²) >= 11 is 5.92. The van der Waals surface area contributed by atoms with Crippen molar-refractivity contribution in [3.05, 3.63) is 64.4 Å². The lowest BCUT2D eigenvalue weighted by Crippen LogP contribution is -2.14. The zero-order valence-corrected chi connectivity index (χ0v) is 11.9. The summed E-state index contributed by atoms with van der Waals surface area (Å²) in [5.41, 5.74) is 2.43. The van der Waals surface area contributed by atoms with E-state index in [1.165, 1.54) is 13.3 Å². The van der Waals surface area contributed by atoms with Crippen LogP contribution in [0.25, 0.3) is 0 Å². The van der Waals surface area contributed by atoms with E-state index in [2.05, 4.69) is 15.0 Å². The van der Waals surface area contributed by atoms with Gasteiger partial charge >= 0.3 is 5.97 Å². The molecule has 0 saturated carbocycles. The van der Waals surface area contributed by atoms with Gasteiger partial charge < -0.3 is 10.1 Å². The molecule has 0 fully saturated rings. The SMILES string of the molecule is COC(=O)c1ccc(CNCc2cccc(Cl)c2)nc1. The minimum atomic E-state index is -0.379. The van der Waals surface area contributed by atoms with Crippen LogP contribution in [0, 0.1) is 0 Å². The fourth-order valence-corrected chi connectivity index (χ4v) is 1.96. The number of methoxy groups -OCH3 is 1.